The Morgan fingerprint density at radius 3 is 2.41 bits per heavy atom. The van der Waals surface area contributed by atoms with Gasteiger partial charge in [-0.05, 0) is 18.5 Å². The molecule has 5 heteroatoms. The molecule has 0 saturated heterocycles. The molecule has 0 aliphatic heterocycles. The predicted octanol–water partition coefficient (Wildman–Crippen LogP) is 0.180. The molecule has 1 aromatic rings. The fourth-order valence-electron chi connectivity index (χ4n) is 1.37. The molecule has 0 spiro atoms. The molecule has 0 fully saturated rings. The molecule has 1 aromatic carbocycles. The third kappa shape index (κ3) is 4.24. The van der Waals surface area contributed by atoms with E-state index in [1.54, 1.807) is 0 Å². The molecular formula is C12H16N2O3. The van der Waals surface area contributed by atoms with Crippen LogP contribution >= 0.6 is 0 Å². The summed E-state index contributed by atoms with van der Waals surface area (Å²) in [7, 11) is 0. The van der Waals surface area contributed by atoms with Crippen LogP contribution in [0.25, 0.3) is 0 Å². The van der Waals surface area contributed by atoms with Gasteiger partial charge in [-0.1, -0.05) is 30.3 Å². The van der Waals surface area contributed by atoms with Crippen LogP contribution in [0.3, 0.4) is 0 Å². The zero-order chi connectivity index (χ0) is 12.7. The highest BCUT2D eigenvalue weighted by molar-refractivity contribution is 5.96. The Hall–Kier alpha value is -1.88. The number of carbonyl (C=O) groups excluding carboxylic acids is 2. The van der Waals surface area contributed by atoms with Crippen molar-refractivity contribution in [3.63, 3.8) is 0 Å². The van der Waals surface area contributed by atoms with E-state index in [-0.39, 0.29) is 19.6 Å². The van der Waals surface area contributed by atoms with E-state index >= 15 is 0 Å². The number of hydrogen-bond acceptors (Lipinski definition) is 4. The molecule has 0 bridgehead atoms. The van der Waals surface area contributed by atoms with Gasteiger partial charge in [0.1, 0.15) is 12.5 Å². The number of ether oxygens (including phenoxy) is 1. The Morgan fingerprint density at radius 2 is 1.88 bits per heavy atom. The average molecular weight is 236 g/mol. The number of rotatable bonds is 6. The molecule has 1 amide bonds. The van der Waals surface area contributed by atoms with Crippen molar-refractivity contribution in [1.82, 2.24) is 0 Å². The number of carbonyl (C=O) groups is 2. The van der Waals surface area contributed by atoms with Crippen LogP contribution in [-0.4, -0.2) is 18.4 Å². The average Bonchev–Trinajstić information content (AvgIpc) is 2.34. The molecule has 17 heavy (non-hydrogen) atoms. The SMILES string of the molecule is NCCC(C(N)=O)C(=O)OCc1ccccc1. The molecule has 1 atom stereocenters. The highest BCUT2D eigenvalue weighted by atomic mass is 16.5. The first-order chi connectivity index (χ1) is 8.15. The predicted molar refractivity (Wildman–Crippen MR) is 62.6 cm³/mol. The van der Waals surface area contributed by atoms with Crippen LogP contribution in [0.1, 0.15) is 12.0 Å². The lowest BCUT2D eigenvalue weighted by atomic mass is 10.1. The number of esters is 1. The maximum Gasteiger partial charge on any atom is 0.318 e. The van der Waals surface area contributed by atoms with Gasteiger partial charge in [-0.3, -0.25) is 9.59 Å². The van der Waals surface area contributed by atoms with Crippen molar-refractivity contribution in [3.8, 4) is 0 Å². The fourth-order valence-corrected chi connectivity index (χ4v) is 1.37. The van der Waals surface area contributed by atoms with Gasteiger partial charge in [0.15, 0.2) is 0 Å². The molecule has 0 aliphatic rings. The summed E-state index contributed by atoms with van der Waals surface area (Å²) in [6, 6.07) is 9.21. The van der Waals surface area contributed by atoms with E-state index in [1.165, 1.54) is 0 Å². The first-order valence-corrected chi connectivity index (χ1v) is 5.35. The third-order valence-electron chi connectivity index (χ3n) is 2.31. The number of primary amides is 1. The number of hydrogen-bond donors (Lipinski definition) is 2. The second-order valence-electron chi connectivity index (χ2n) is 3.63. The van der Waals surface area contributed by atoms with Crippen LogP contribution in [0, 0.1) is 5.92 Å². The molecule has 4 N–H and O–H groups in total. The molecule has 0 heterocycles. The van der Waals surface area contributed by atoms with Gasteiger partial charge < -0.3 is 16.2 Å². The van der Waals surface area contributed by atoms with Gasteiger partial charge in [0.25, 0.3) is 0 Å². The van der Waals surface area contributed by atoms with Crippen LogP contribution in [0.15, 0.2) is 30.3 Å². The highest BCUT2D eigenvalue weighted by Crippen LogP contribution is 2.07. The van der Waals surface area contributed by atoms with E-state index in [0.29, 0.717) is 0 Å². The minimum atomic E-state index is -0.955. The Morgan fingerprint density at radius 1 is 1.24 bits per heavy atom. The highest BCUT2D eigenvalue weighted by Gasteiger charge is 2.24. The summed E-state index contributed by atoms with van der Waals surface area (Å²) < 4.78 is 5.01. The van der Waals surface area contributed by atoms with Crippen molar-refractivity contribution in [3.05, 3.63) is 35.9 Å². The largest absolute Gasteiger partial charge is 0.460 e. The Balaban J connectivity index is 2.50. The van der Waals surface area contributed by atoms with Crippen LogP contribution in [0.2, 0.25) is 0 Å². The summed E-state index contributed by atoms with van der Waals surface area (Å²) in [6.45, 7) is 0.349. The third-order valence-corrected chi connectivity index (χ3v) is 2.31. The second kappa shape index (κ2) is 6.65. The minimum Gasteiger partial charge on any atom is -0.460 e. The van der Waals surface area contributed by atoms with Crippen molar-refractivity contribution in [2.75, 3.05) is 6.54 Å². The summed E-state index contributed by atoms with van der Waals surface area (Å²) >= 11 is 0. The van der Waals surface area contributed by atoms with Crippen molar-refractivity contribution >= 4 is 11.9 Å². The summed E-state index contributed by atoms with van der Waals surface area (Å²) in [5.74, 6) is -2.27. The van der Waals surface area contributed by atoms with Gasteiger partial charge in [0, 0.05) is 0 Å². The Labute approximate surface area is 99.7 Å². The van der Waals surface area contributed by atoms with Crippen molar-refractivity contribution in [1.29, 1.82) is 0 Å². The monoisotopic (exact) mass is 236 g/mol. The Bertz CT molecular complexity index is 379. The smallest absolute Gasteiger partial charge is 0.318 e. The summed E-state index contributed by atoms with van der Waals surface area (Å²) in [4.78, 5) is 22.6. The molecule has 5 nitrogen and oxygen atoms in total. The first kappa shape index (κ1) is 13.2. The maximum absolute atomic E-state index is 11.6. The quantitative estimate of drug-likeness (QED) is 0.544. The minimum absolute atomic E-state index is 0.133. The van der Waals surface area contributed by atoms with Gasteiger partial charge in [0.05, 0.1) is 0 Å². The van der Waals surface area contributed by atoms with Gasteiger partial charge in [-0.15, -0.1) is 0 Å². The van der Waals surface area contributed by atoms with E-state index in [1.807, 2.05) is 30.3 Å². The summed E-state index contributed by atoms with van der Waals surface area (Å²) in [5.41, 5.74) is 11.3. The van der Waals surface area contributed by atoms with Gasteiger partial charge >= 0.3 is 5.97 Å². The summed E-state index contributed by atoms with van der Waals surface area (Å²) in [6.07, 6.45) is 0.211. The van der Waals surface area contributed by atoms with Gasteiger partial charge in [-0.25, -0.2) is 0 Å². The molecule has 1 rings (SSSR count). The van der Waals surface area contributed by atoms with Crippen LogP contribution in [0.5, 0.6) is 0 Å². The second-order valence-corrected chi connectivity index (χ2v) is 3.63. The topological polar surface area (TPSA) is 95.4 Å². The standard InChI is InChI=1S/C12H16N2O3/c13-7-6-10(11(14)15)12(16)17-8-9-4-2-1-3-5-9/h1-5,10H,6-8,13H2,(H2,14,15). The summed E-state index contributed by atoms with van der Waals surface area (Å²) in [5, 5.41) is 0. The molecule has 0 radical (unpaired) electrons. The van der Waals surface area contributed by atoms with Crippen molar-refractivity contribution in [2.24, 2.45) is 17.4 Å². The van der Waals surface area contributed by atoms with E-state index in [0.717, 1.165) is 5.56 Å². The van der Waals surface area contributed by atoms with Crippen LogP contribution < -0.4 is 11.5 Å². The fraction of sp³-hybridized carbons (Fsp3) is 0.333. The molecular weight excluding hydrogens is 220 g/mol. The van der Waals surface area contributed by atoms with E-state index < -0.39 is 17.8 Å². The number of amides is 1. The molecule has 0 aliphatic carbocycles. The maximum atomic E-state index is 11.6. The Kier molecular flexibility index (Phi) is 5.16. The molecule has 92 valence electrons. The lowest BCUT2D eigenvalue weighted by Gasteiger charge is -2.11. The molecule has 0 saturated carbocycles. The van der Waals surface area contributed by atoms with Crippen LogP contribution in [-0.2, 0) is 20.9 Å². The lowest BCUT2D eigenvalue weighted by Crippen LogP contribution is -2.33. The zero-order valence-electron chi connectivity index (χ0n) is 9.46. The van der Waals surface area contributed by atoms with E-state index in [4.69, 9.17) is 16.2 Å². The van der Waals surface area contributed by atoms with E-state index in [9.17, 15) is 9.59 Å². The zero-order valence-corrected chi connectivity index (χ0v) is 9.46. The normalized spacial score (nSPS) is 11.8. The van der Waals surface area contributed by atoms with Gasteiger partial charge in [0.2, 0.25) is 5.91 Å². The molecule has 0 aromatic heterocycles. The van der Waals surface area contributed by atoms with Gasteiger partial charge in [-0.2, -0.15) is 0 Å². The van der Waals surface area contributed by atoms with E-state index in [2.05, 4.69) is 0 Å². The lowest BCUT2D eigenvalue weighted by molar-refractivity contribution is -0.153. The number of benzene rings is 1. The van der Waals surface area contributed by atoms with Crippen LogP contribution in [0.4, 0.5) is 0 Å². The van der Waals surface area contributed by atoms with Crippen molar-refractivity contribution in [2.45, 2.75) is 13.0 Å². The molecule has 1 unspecified atom stereocenters. The number of nitrogens with two attached hydrogens (primary N) is 2. The first-order valence-electron chi connectivity index (χ1n) is 5.35. The van der Waals surface area contributed by atoms with Crippen molar-refractivity contribution < 1.29 is 14.3 Å².